The molecule has 1 aromatic carbocycles. The number of nitrogens with zero attached hydrogens (tertiary/aromatic N) is 3. The summed E-state index contributed by atoms with van der Waals surface area (Å²) >= 11 is 0. The van der Waals surface area contributed by atoms with Crippen LogP contribution < -0.4 is 15.5 Å². The van der Waals surface area contributed by atoms with Gasteiger partial charge in [0.1, 0.15) is 0 Å². The third-order valence-electron chi connectivity index (χ3n) is 5.11. The Labute approximate surface area is 163 Å². The number of nitrogens with one attached hydrogen (secondary N) is 2. The van der Waals surface area contributed by atoms with E-state index in [2.05, 4.69) is 20.8 Å². The topological polar surface area (TPSA) is 96.5 Å². The highest BCUT2D eigenvalue weighted by atomic mass is 16.5. The van der Waals surface area contributed by atoms with E-state index >= 15 is 0 Å². The number of carbonyl (C=O) groups is 2. The predicted molar refractivity (Wildman–Crippen MR) is 104 cm³/mol. The van der Waals surface area contributed by atoms with Crippen molar-refractivity contribution in [1.82, 2.24) is 15.5 Å². The summed E-state index contributed by atoms with van der Waals surface area (Å²) in [5.41, 5.74) is 1.27. The number of hydrogen-bond acceptors (Lipinski definition) is 6. The van der Waals surface area contributed by atoms with Gasteiger partial charge in [0.2, 0.25) is 5.91 Å². The lowest BCUT2D eigenvalue weighted by Crippen LogP contribution is -2.52. The Kier molecular flexibility index (Phi) is 5.48. The largest absolute Gasteiger partial charge is 0.381 e. The summed E-state index contributed by atoms with van der Waals surface area (Å²) in [5, 5.41) is 13.8. The van der Waals surface area contributed by atoms with Crippen molar-refractivity contribution in [3.05, 3.63) is 48.2 Å². The number of carbonyl (C=O) groups excluding carboxylic acids is 2. The Bertz CT molecular complexity index is 815. The number of anilines is 2. The quantitative estimate of drug-likeness (QED) is 0.814. The molecule has 0 aliphatic carbocycles. The van der Waals surface area contributed by atoms with Crippen molar-refractivity contribution in [2.75, 3.05) is 36.5 Å². The number of amides is 2. The van der Waals surface area contributed by atoms with Gasteiger partial charge in [-0.15, -0.1) is 5.10 Å². The van der Waals surface area contributed by atoms with Crippen molar-refractivity contribution in [1.29, 1.82) is 0 Å². The number of benzene rings is 1. The second-order valence-corrected chi connectivity index (χ2v) is 7.11. The molecule has 2 saturated heterocycles. The molecule has 2 fully saturated rings. The van der Waals surface area contributed by atoms with Gasteiger partial charge in [0.15, 0.2) is 5.82 Å². The van der Waals surface area contributed by atoms with E-state index in [4.69, 9.17) is 4.74 Å². The number of hydrogen-bond donors (Lipinski definition) is 2. The van der Waals surface area contributed by atoms with Crippen molar-refractivity contribution >= 4 is 23.3 Å². The van der Waals surface area contributed by atoms with Gasteiger partial charge < -0.3 is 20.3 Å². The molecule has 0 atom stereocenters. The van der Waals surface area contributed by atoms with Gasteiger partial charge in [0.25, 0.3) is 5.91 Å². The van der Waals surface area contributed by atoms with Crippen LogP contribution in [0.4, 0.5) is 11.5 Å². The van der Waals surface area contributed by atoms with Gasteiger partial charge >= 0.3 is 0 Å². The fourth-order valence-electron chi connectivity index (χ4n) is 3.35. The van der Waals surface area contributed by atoms with Crippen LogP contribution in [0.25, 0.3) is 0 Å². The van der Waals surface area contributed by atoms with Crippen LogP contribution in [0.1, 0.15) is 23.2 Å². The Morgan fingerprint density at radius 1 is 1.07 bits per heavy atom. The van der Waals surface area contributed by atoms with Crippen molar-refractivity contribution in [3.63, 3.8) is 0 Å². The van der Waals surface area contributed by atoms with Gasteiger partial charge in [-0.1, -0.05) is 0 Å². The standard InChI is InChI=1S/C20H23N5O3/c26-19(23-17-7-10-28-11-8-17)14-3-5-16(6-4-14)22-20(27)15-12-25(13-15)18-2-1-9-21-24-18/h1-6,9,15,17H,7-8,10-13H2,(H,22,27)(H,23,26). The number of ether oxygens (including phenoxy) is 1. The van der Waals surface area contributed by atoms with Crippen molar-refractivity contribution in [2.24, 2.45) is 5.92 Å². The Morgan fingerprint density at radius 2 is 1.82 bits per heavy atom. The minimum atomic E-state index is -0.0941. The molecule has 3 heterocycles. The molecule has 4 rings (SSSR count). The molecule has 2 aromatic rings. The van der Waals surface area contributed by atoms with Gasteiger partial charge in [-0.2, -0.15) is 5.10 Å². The van der Waals surface area contributed by atoms with E-state index in [9.17, 15) is 9.59 Å². The first-order chi connectivity index (χ1) is 13.7. The van der Waals surface area contributed by atoms with Gasteiger partial charge in [0.05, 0.1) is 5.92 Å². The molecule has 2 aliphatic heterocycles. The van der Waals surface area contributed by atoms with Crippen molar-refractivity contribution in [2.45, 2.75) is 18.9 Å². The summed E-state index contributed by atoms with van der Waals surface area (Å²) in [6.45, 7) is 2.61. The van der Waals surface area contributed by atoms with E-state index in [1.165, 1.54) is 0 Å². The molecule has 2 N–H and O–H groups in total. The molecule has 1 aromatic heterocycles. The van der Waals surface area contributed by atoms with E-state index in [1.54, 1.807) is 30.5 Å². The van der Waals surface area contributed by atoms with Gasteiger partial charge in [-0.25, -0.2) is 0 Å². The zero-order valence-electron chi connectivity index (χ0n) is 15.5. The maximum atomic E-state index is 12.4. The van der Waals surface area contributed by atoms with Crippen LogP contribution in [0, 0.1) is 5.92 Å². The summed E-state index contributed by atoms with van der Waals surface area (Å²) in [6.07, 6.45) is 3.31. The molecule has 0 spiro atoms. The Balaban J connectivity index is 1.26. The first-order valence-electron chi connectivity index (χ1n) is 9.51. The molecule has 8 heteroatoms. The first kappa shape index (κ1) is 18.4. The van der Waals surface area contributed by atoms with Crippen LogP contribution >= 0.6 is 0 Å². The van der Waals surface area contributed by atoms with E-state index < -0.39 is 0 Å². The zero-order valence-corrected chi connectivity index (χ0v) is 15.5. The first-order valence-corrected chi connectivity index (χ1v) is 9.51. The SMILES string of the molecule is O=C(NC1CCOCC1)c1ccc(NC(=O)C2CN(c3cccnn3)C2)cc1. The summed E-state index contributed by atoms with van der Waals surface area (Å²) < 4.78 is 5.30. The molecule has 0 saturated carbocycles. The fourth-order valence-corrected chi connectivity index (χ4v) is 3.35. The van der Waals surface area contributed by atoms with E-state index in [0.29, 0.717) is 37.6 Å². The Hall–Kier alpha value is -3.00. The monoisotopic (exact) mass is 381 g/mol. The normalized spacial score (nSPS) is 17.6. The van der Waals surface area contributed by atoms with E-state index in [-0.39, 0.29) is 23.8 Å². The van der Waals surface area contributed by atoms with Crippen LogP contribution in [0.2, 0.25) is 0 Å². The van der Waals surface area contributed by atoms with Crippen molar-refractivity contribution < 1.29 is 14.3 Å². The van der Waals surface area contributed by atoms with E-state index in [1.807, 2.05) is 17.0 Å². The highest BCUT2D eigenvalue weighted by Gasteiger charge is 2.33. The molecule has 28 heavy (non-hydrogen) atoms. The summed E-state index contributed by atoms with van der Waals surface area (Å²) in [6, 6.07) is 10.9. The lowest BCUT2D eigenvalue weighted by atomic mass is 9.99. The second-order valence-electron chi connectivity index (χ2n) is 7.11. The minimum absolute atomic E-state index is 0.0282. The zero-order chi connectivity index (χ0) is 19.3. The highest BCUT2D eigenvalue weighted by Crippen LogP contribution is 2.23. The van der Waals surface area contributed by atoms with Crippen LogP contribution in [0.5, 0.6) is 0 Å². The van der Waals surface area contributed by atoms with Crippen LogP contribution in [0.15, 0.2) is 42.6 Å². The molecular weight excluding hydrogens is 358 g/mol. The summed E-state index contributed by atoms with van der Waals surface area (Å²) in [5.74, 6) is 0.577. The molecule has 2 aliphatic rings. The summed E-state index contributed by atoms with van der Waals surface area (Å²) in [4.78, 5) is 26.7. The molecule has 2 amide bonds. The second kappa shape index (κ2) is 8.35. The maximum Gasteiger partial charge on any atom is 0.251 e. The lowest BCUT2D eigenvalue weighted by molar-refractivity contribution is -0.120. The lowest BCUT2D eigenvalue weighted by Gasteiger charge is -2.38. The minimum Gasteiger partial charge on any atom is -0.381 e. The van der Waals surface area contributed by atoms with Gasteiger partial charge in [-0.3, -0.25) is 9.59 Å². The fraction of sp³-hybridized carbons (Fsp3) is 0.400. The number of aromatic nitrogens is 2. The van der Waals surface area contributed by atoms with Crippen LogP contribution in [-0.4, -0.2) is 54.4 Å². The molecule has 0 bridgehead atoms. The predicted octanol–water partition coefficient (Wildman–Crippen LogP) is 1.46. The molecule has 146 valence electrons. The van der Waals surface area contributed by atoms with Gasteiger partial charge in [-0.05, 0) is 49.2 Å². The van der Waals surface area contributed by atoms with E-state index in [0.717, 1.165) is 18.7 Å². The smallest absolute Gasteiger partial charge is 0.251 e. The molecular formula is C20H23N5O3. The third kappa shape index (κ3) is 4.28. The van der Waals surface area contributed by atoms with Crippen LogP contribution in [0.3, 0.4) is 0 Å². The highest BCUT2D eigenvalue weighted by molar-refractivity contribution is 5.97. The number of rotatable bonds is 5. The molecule has 0 unspecified atom stereocenters. The summed E-state index contributed by atoms with van der Waals surface area (Å²) in [7, 11) is 0. The van der Waals surface area contributed by atoms with Crippen molar-refractivity contribution in [3.8, 4) is 0 Å². The molecule has 0 radical (unpaired) electrons. The van der Waals surface area contributed by atoms with Gasteiger partial charge in [0, 0.05) is 49.8 Å². The van der Waals surface area contributed by atoms with Crippen LogP contribution in [-0.2, 0) is 9.53 Å². The maximum absolute atomic E-state index is 12.4. The average Bonchev–Trinajstić information content (AvgIpc) is 2.69. The average molecular weight is 381 g/mol. The Morgan fingerprint density at radius 3 is 2.50 bits per heavy atom. The third-order valence-corrected chi connectivity index (χ3v) is 5.11. The molecule has 8 nitrogen and oxygen atoms in total.